The van der Waals surface area contributed by atoms with Crippen LogP contribution in [0.25, 0.3) is 0 Å². The fraction of sp³-hybridized carbons (Fsp3) is 0.400. The normalized spacial score (nSPS) is 23.0. The monoisotopic (exact) mass is 360 g/mol. The maximum atomic E-state index is 11.7. The summed E-state index contributed by atoms with van der Waals surface area (Å²) >= 11 is 7.56. The Morgan fingerprint density at radius 3 is 3.00 bits per heavy atom. The van der Waals surface area contributed by atoms with Gasteiger partial charge in [-0.1, -0.05) is 35.7 Å². The molecule has 4 amide bonds. The van der Waals surface area contributed by atoms with Crippen molar-refractivity contribution in [1.29, 1.82) is 0 Å². The van der Waals surface area contributed by atoms with Crippen LogP contribution in [0.3, 0.4) is 0 Å². The minimum absolute atomic E-state index is 0.167. The molecule has 9 nitrogen and oxygen atoms in total. The second-order valence-electron chi connectivity index (χ2n) is 4.16. The molecule has 0 aliphatic carbocycles. The molecule has 0 radical (unpaired) electrons. The molecule has 0 aromatic rings. The predicted octanol–water partition coefficient (Wildman–Crippen LogP) is -0.516. The molecule has 1 unspecified atom stereocenters. The summed E-state index contributed by atoms with van der Waals surface area (Å²) in [4.78, 5) is 37.8. The summed E-state index contributed by atoms with van der Waals surface area (Å²) in [5.74, 6) is 0.474. The van der Waals surface area contributed by atoms with Gasteiger partial charge in [0.25, 0.3) is 0 Å². The molecule has 0 bridgehead atoms. The van der Waals surface area contributed by atoms with Crippen molar-refractivity contribution in [3.05, 3.63) is 0 Å². The number of hydrazone groups is 1. The molecule has 2 aliphatic heterocycles. The third-order valence-corrected chi connectivity index (χ3v) is 4.76. The van der Waals surface area contributed by atoms with Crippen LogP contribution in [0.4, 0.5) is 4.79 Å². The van der Waals surface area contributed by atoms with Crippen LogP contribution in [0, 0.1) is 0 Å². The van der Waals surface area contributed by atoms with Crippen LogP contribution < -0.4 is 21.8 Å². The van der Waals surface area contributed by atoms with Gasteiger partial charge in [-0.2, -0.15) is 0 Å². The zero-order chi connectivity index (χ0) is 16.1. The summed E-state index contributed by atoms with van der Waals surface area (Å²) in [6.07, 6.45) is 0.533. The molecule has 2 heterocycles. The topological polar surface area (TPSA) is 138 Å². The zero-order valence-electron chi connectivity index (χ0n) is 11.1. The molecule has 5 N–H and O–H groups in total. The predicted molar refractivity (Wildman–Crippen MR) is 89.5 cm³/mol. The van der Waals surface area contributed by atoms with Gasteiger partial charge in [0.15, 0.2) is 9.49 Å². The van der Waals surface area contributed by atoms with Crippen LogP contribution in [0.2, 0.25) is 0 Å². The molecule has 0 aromatic carbocycles. The first-order chi connectivity index (χ1) is 10.4. The highest BCUT2D eigenvalue weighted by Crippen LogP contribution is 2.22. The molecule has 2 aliphatic rings. The van der Waals surface area contributed by atoms with Crippen molar-refractivity contribution in [2.24, 2.45) is 15.8 Å². The summed E-state index contributed by atoms with van der Waals surface area (Å²) in [5.41, 5.74) is 7.58. The summed E-state index contributed by atoms with van der Waals surface area (Å²) < 4.78 is 0.540. The van der Waals surface area contributed by atoms with Crippen molar-refractivity contribution in [2.45, 2.75) is 18.1 Å². The first-order valence-corrected chi connectivity index (χ1v) is 8.36. The molecular weight excluding hydrogens is 348 g/mol. The lowest BCUT2D eigenvalue weighted by Gasteiger charge is -2.10. The number of amidine groups is 2. The Balaban J connectivity index is 1.88. The van der Waals surface area contributed by atoms with Crippen LogP contribution in [-0.2, 0) is 9.59 Å². The number of hydrogen-bond donors (Lipinski definition) is 4. The van der Waals surface area contributed by atoms with Crippen molar-refractivity contribution in [1.82, 2.24) is 16.1 Å². The third kappa shape index (κ3) is 4.96. The number of nitrogens with two attached hydrogens (primary N) is 1. The maximum absolute atomic E-state index is 11.7. The number of thiocarbonyl (C=S) groups is 1. The number of urea groups is 1. The van der Waals surface area contributed by atoms with E-state index < -0.39 is 17.2 Å². The highest BCUT2D eigenvalue weighted by Gasteiger charge is 2.32. The van der Waals surface area contributed by atoms with E-state index in [1.807, 2.05) is 5.32 Å². The van der Waals surface area contributed by atoms with E-state index in [4.69, 9.17) is 18.0 Å². The molecule has 2 rings (SSSR count). The van der Waals surface area contributed by atoms with Gasteiger partial charge in [-0.15, -0.1) is 5.10 Å². The van der Waals surface area contributed by atoms with Crippen molar-refractivity contribution < 1.29 is 14.4 Å². The molecular formula is C10H12N6O3S3. The maximum Gasteiger partial charge on any atom is 0.318 e. The van der Waals surface area contributed by atoms with E-state index in [-0.39, 0.29) is 12.3 Å². The number of rotatable bonds is 3. The van der Waals surface area contributed by atoms with Crippen molar-refractivity contribution >= 4 is 68.9 Å². The molecule has 1 saturated heterocycles. The standard InChI is InChI=1S/C10H12N6O3S3/c11-8(19)13-6(17)3-4-7(18)14-9(22-4)16-15-5-1-2-21-10(20)12-5/h4H,1-3H2,(H,12,15,20)(H,14,16,18)(H3,11,13,17,19). The second-order valence-corrected chi connectivity index (χ2v) is 7.08. The van der Waals surface area contributed by atoms with Crippen molar-refractivity contribution in [2.75, 3.05) is 5.75 Å². The number of imide groups is 1. The summed E-state index contributed by atoms with van der Waals surface area (Å²) in [7, 11) is 0. The Labute approximate surface area is 139 Å². The fourth-order valence-corrected chi connectivity index (χ4v) is 3.51. The van der Waals surface area contributed by atoms with E-state index in [0.29, 0.717) is 21.7 Å². The SMILES string of the molecule is NC(=O)NC(=O)CC1S/C(=N/NC2=NC(=S)SCC2)NC1=O. The largest absolute Gasteiger partial charge is 0.351 e. The first kappa shape index (κ1) is 16.7. The number of nitrogens with zero attached hydrogens (tertiary/aromatic N) is 2. The average molecular weight is 360 g/mol. The van der Waals surface area contributed by atoms with E-state index in [9.17, 15) is 14.4 Å². The Morgan fingerprint density at radius 2 is 2.32 bits per heavy atom. The highest BCUT2D eigenvalue weighted by molar-refractivity contribution is 8.23. The van der Waals surface area contributed by atoms with Crippen LogP contribution in [-0.4, -0.2) is 44.2 Å². The molecule has 12 heteroatoms. The quantitative estimate of drug-likeness (QED) is 0.392. The lowest BCUT2D eigenvalue weighted by atomic mass is 10.3. The lowest BCUT2D eigenvalue weighted by molar-refractivity contribution is -0.124. The van der Waals surface area contributed by atoms with Gasteiger partial charge in [-0.3, -0.25) is 20.3 Å². The third-order valence-electron chi connectivity index (χ3n) is 2.49. The van der Waals surface area contributed by atoms with Gasteiger partial charge >= 0.3 is 6.03 Å². The van der Waals surface area contributed by atoms with Gasteiger partial charge in [0, 0.05) is 18.6 Å². The summed E-state index contributed by atoms with van der Waals surface area (Å²) in [6.45, 7) is 0. The number of primary amides is 1. The lowest BCUT2D eigenvalue weighted by Crippen LogP contribution is -2.37. The Morgan fingerprint density at radius 1 is 1.55 bits per heavy atom. The van der Waals surface area contributed by atoms with E-state index >= 15 is 0 Å². The smallest absolute Gasteiger partial charge is 0.318 e. The van der Waals surface area contributed by atoms with Gasteiger partial charge in [0.05, 0.1) is 0 Å². The summed E-state index contributed by atoms with van der Waals surface area (Å²) in [6, 6.07) is -0.951. The van der Waals surface area contributed by atoms with Gasteiger partial charge in [0.1, 0.15) is 11.1 Å². The summed E-state index contributed by atoms with van der Waals surface area (Å²) in [5, 5.41) is 8.13. The fourth-order valence-electron chi connectivity index (χ4n) is 1.58. The van der Waals surface area contributed by atoms with Crippen LogP contribution in [0.15, 0.2) is 10.1 Å². The minimum Gasteiger partial charge on any atom is -0.351 e. The minimum atomic E-state index is -0.951. The number of carbonyl (C=O) groups is 3. The van der Waals surface area contributed by atoms with Gasteiger partial charge in [0.2, 0.25) is 11.8 Å². The van der Waals surface area contributed by atoms with E-state index in [1.165, 1.54) is 11.8 Å². The molecule has 1 atom stereocenters. The van der Waals surface area contributed by atoms with E-state index in [1.54, 1.807) is 0 Å². The van der Waals surface area contributed by atoms with Gasteiger partial charge in [-0.05, 0) is 0 Å². The Kier molecular flexibility index (Phi) is 5.74. The van der Waals surface area contributed by atoms with Crippen LogP contribution >= 0.6 is 35.7 Å². The molecule has 1 fully saturated rings. The average Bonchev–Trinajstić information content (AvgIpc) is 2.76. The molecule has 0 spiro atoms. The second kappa shape index (κ2) is 7.56. The van der Waals surface area contributed by atoms with E-state index in [2.05, 4.69) is 20.8 Å². The molecule has 0 aromatic heterocycles. The first-order valence-electron chi connectivity index (χ1n) is 6.09. The number of aliphatic imine (C=N–C) groups is 1. The number of amides is 4. The molecule has 0 saturated carbocycles. The number of carbonyl (C=O) groups excluding carboxylic acids is 3. The number of hydrogen-bond acceptors (Lipinski definition) is 8. The Bertz CT molecular complexity index is 590. The number of nitrogens with one attached hydrogen (secondary N) is 3. The van der Waals surface area contributed by atoms with Crippen molar-refractivity contribution in [3.8, 4) is 0 Å². The number of thioether (sulfide) groups is 2. The zero-order valence-corrected chi connectivity index (χ0v) is 13.6. The molecule has 22 heavy (non-hydrogen) atoms. The van der Waals surface area contributed by atoms with Gasteiger partial charge in [-0.25, -0.2) is 9.79 Å². The van der Waals surface area contributed by atoms with E-state index in [0.717, 1.165) is 17.5 Å². The van der Waals surface area contributed by atoms with Crippen molar-refractivity contribution in [3.63, 3.8) is 0 Å². The highest BCUT2D eigenvalue weighted by atomic mass is 32.2. The van der Waals surface area contributed by atoms with Crippen LogP contribution in [0.1, 0.15) is 12.8 Å². The van der Waals surface area contributed by atoms with Crippen LogP contribution in [0.5, 0.6) is 0 Å². The Hall–Kier alpha value is -1.66. The van der Waals surface area contributed by atoms with Gasteiger partial charge < -0.3 is 11.1 Å². The molecule has 118 valence electrons.